The number of aliphatic carboxylic acids is 2. The summed E-state index contributed by atoms with van der Waals surface area (Å²) in [6.45, 7) is 3.47. The number of Topliss-reactive ketones (excluding diaryl/α,β-unsaturated/α-hetero) is 2. The molecule has 0 fully saturated rings. The smallest absolute Gasteiger partial charge is 0.542 e. The molecule has 0 heterocycles. The topological polar surface area (TPSA) is 114 Å². The zero-order chi connectivity index (χ0) is 13.1. The average molecular weight is 425 g/mol. The number of carbonyl (C=O) groups excluding carboxylic acids is 4. The van der Waals surface area contributed by atoms with Gasteiger partial charge in [-0.3, -0.25) is 9.59 Å². The molecule has 100 valence electrons. The van der Waals surface area contributed by atoms with Gasteiger partial charge in [-0.05, 0) is 12.8 Å². The molecule has 0 aromatic carbocycles. The van der Waals surface area contributed by atoms with E-state index >= 15 is 0 Å². The van der Waals surface area contributed by atoms with E-state index in [-0.39, 0.29) is 33.9 Å². The molecular formula is C10H14O6Pt. The molecule has 0 aromatic heterocycles. The van der Waals surface area contributed by atoms with Crippen LogP contribution in [-0.4, -0.2) is 23.5 Å². The van der Waals surface area contributed by atoms with Crippen molar-refractivity contribution in [3.8, 4) is 0 Å². The summed E-state index contributed by atoms with van der Waals surface area (Å²) in [5, 5.41) is 19.3. The molecule has 0 spiro atoms. The number of carboxylic acids is 2. The van der Waals surface area contributed by atoms with E-state index in [0.29, 0.717) is 12.8 Å². The summed E-state index contributed by atoms with van der Waals surface area (Å²) in [6.07, 6.45) is 1.30. The second-order valence-corrected chi connectivity index (χ2v) is 2.92. The molecule has 0 amide bonds. The number of carboxylic acid groups (broad SMARTS) is 2. The largest absolute Gasteiger partial charge is 2.00 e. The van der Waals surface area contributed by atoms with Crippen molar-refractivity contribution < 1.29 is 50.5 Å². The molecule has 0 aromatic rings. The van der Waals surface area contributed by atoms with Crippen LogP contribution in [0.15, 0.2) is 0 Å². The van der Waals surface area contributed by atoms with E-state index in [1.165, 1.54) is 0 Å². The number of rotatable bonds is 6. The molecule has 6 nitrogen and oxygen atoms in total. The molecule has 0 aliphatic heterocycles. The van der Waals surface area contributed by atoms with Gasteiger partial charge in [0.1, 0.15) is 11.9 Å². The summed E-state index contributed by atoms with van der Waals surface area (Å²) in [4.78, 5) is 39.4. The summed E-state index contributed by atoms with van der Waals surface area (Å²) in [5.74, 6) is -4.78. The SMILES string of the molecule is CCCC(=O)C(=O)[O-].CCCC(=O)C(=O)[O-].[Pt+2]. The van der Waals surface area contributed by atoms with Gasteiger partial charge in [0.15, 0.2) is 11.6 Å². The maximum Gasteiger partial charge on any atom is 2.00 e. The average Bonchev–Trinajstić information content (AvgIpc) is 2.19. The Morgan fingerprint density at radius 3 is 1.06 bits per heavy atom. The fourth-order valence-corrected chi connectivity index (χ4v) is 0.658. The summed E-state index contributed by atoms with van der Waals surface area (Å²) >= 11 is 0. The van der Waals surface area contributed by atoms with E-state index in [4.69, 9.17) is 0 Å². The summed E-state index contributed by atoms with van der Waals surface area (Å²) in [6, 6.07) is 0. The molecule has 0 aliphatic rings. The Labute approximate surface area is 114 Å². The molecule has 7 heteroatoms. The van der Waals surface area contributed by atoms with E-state index in [1.807, 2.05) is 0 Å². The first-order chi connectivity index (χ1) is 7.36. The van der Waals surface area contributed by atoms with Crippen LogP contribution >= 0.6 is 0 Å². The van der Waals surface area contributed by atoms with Crippen LogP contribution in [0.4, 0.5) is 0 Å². The Bertz CT molecular complexity index is 246. The Morgan fingerprint density at radius 1 is 0.765 bits per heavy atom. The zero-order valence-electron chi connectivity index (χ0n) is 9.59. The molecule has 0 unspecified atom stereocenters. The minimum Gasteiger partial charge on any atom is -0.542 e. The number of carbonyl (C=O) groups is 4. The number of hydrogen-bond donors (Lipinski definition) is 0. The van der Waals surface area contributed by atoms with Crippen LogP contribution in [0.2, 0.25) is 0 Å². The standard InChI is InChI=1S/2C5H8O3.Pt/c2*1-2-3-4(6)5(7)8;/h2*2-3H2,1H3,(H,7,8);/q;;+2/p-2. The van der Waals surface area contributed by atoms with Gasteiger partial charge in [0.2, 0.25) is 0 Å². The second-order valence-electron chi connectivity index (χ2n) is 2.92. The summed E-state index contributed by atoms with van der Waals surface area (Å²) in [7, 11) is 0. The molecule has 0 atom stereocenters. The van der Waals surface area contributed by atoms with Gasteiger partial charge >= 0.3 is 21.1 Å². The Morgan fingerprint density at radius 2 is 1.00 bits per heavy atom. The maximum atomic E-state index is 10.1. The Balaban J connectivity index is -0.000000218. The van der Waals surface area contributed by atoms with Gasteiger partial charge in [0, 0.05) is 12.8 Å². The Kier molecular flexibility index (Phi) is 16.3. The molecular weight excluding hydrogens is 411 g/mol. The van der Waals surface area contributed by atoms with Gasteiger partial charge in [-0.25, -0.2) is 0 Å². The summed E-state index contributed by atoms with van der Waals surface area (Å²) < 4.78 is 0. The van der Waals surface area contributed by atoms with Crippen molar-refractivity contribution in [1.82, 2.24) is 0 Å². The predicted octanol–water partition coefficient (Wildman–Crippen LogP) is -1.79. The Hall–Kier alpha value is -1.03. The van der Waals surface area contributed by atoms with Gasteiger partial charge in [0.25, 0.3) is 0 Å². The van der Waals surface area contributed by atoms with Crippen LogP contribution in [0, 0.1) is 0 Å². The van der Waals surface area contributed by atoms with Crippen LogP contribution in [-0.2, 0) is 40.2 Å². The minimum atomic E-state index is -1.58. The molecule has 0 radical (unpaired) electrons. The van der Waals surface area contributed by atoms with Crippen molar-refractivity contribution in [3.63, 3.8) is 0 Å². The molecule has 0 rings (SSSR count). The molecule has 17 heavy (non-hydrogen) atoms. The van der Waals surface area contributed by atoms with E-state index in [1.54, 1.807) is 13.8 Å². The van der Waals surface area contributed by atoms with Crippen molar-refractivity contribution in [1.29, 1.82) is 0 Å². The quantitative estimate of drug-likeness (QED) is 0.465. The van der Waals surface area contributed by atoms with Gasteiger partial charge in [0.05, 0.1) is 0 Å². The van der Waals surface area contributed by atoms with Crippen LogP contribution in [0.3, 0.4) is 0 Å². The minimum absolute atomic E-state index is 0. The van der Waals surface area contributed by atoms with E-state index < -0.39 is 23.5 Å². The van der Waals surface area contributed by atoms with Crippen LogP contribution in [0.25, 0.3) is 0 Å². The van der Waals surface area contributed by atoms with Crippen LogP contribution in [0.5, 0.6) is 0 Å². The number of hydrogen-bond acceptors (Lipinski definition) is 6. The maximum absolute atomic E-state index is 10.1. The first kappa shape index (κ1) is 21.3. The molecule has 0 N–H and O–H groups in total. The van der Waals surface area contributed by atoms with Gasteiger partial charge in [-0.1, -0.05) is 13.8 Å². The third kappa shape index (κ3) is 15.0. The predicted molar refractivity (Wildman–Crippen MR) is 49.8 cm³/mol. The monoisotopic (exact) mass is 425 g/mol. The second kappa shape index (κ2) is 13.0. The van der Waals surface area contributed by atoms with Gasteiger partial charge in [-0.15, -0.1) is 0 Å². The third-order valence-electron chi connectivity index (χ3n) is 1.41. The first-order valence-corrected chi connectivity index (χ1v) is 4.85. The number of ketones is 2. The third-order valence-corrected chi connectivity index (χ3v) is 1.41. The van der Waals surface area contributed by atoms with Crippen LogP contribution < -0.4 is 10.2 Å². The van der Waals surface area contributed by atoms with E-state index in [9.17, 15) is 29.4 Å². The fourth-order valence-electron chi connectivity index (χ4n) is 0.658. The molecule has 0 saturated heterocycles. The van der Waals surface area contributed by atoms with Crippen molar-refractivity contribution >= 4 is 23.5 Å². The van der Waals surface area contributed by atoms with Crippen molar-refractivity contribution in [2.45, 2.75) is 39.5 Å². The van der Waals surface area contributed by atoms with Gasteiger partial charge < -0.3 is 19.8 Å². The van der Waals surface area contributed by atoms with E-state index in [2.05, 4.69) is 0 Å². The van der Waals surface area contributed by atoms with Gasteiger partial charge in [-0.2, -0.15) is 0 Å². The molecule has 0 aliphatic carbocycles. The molecule has 0 bridgehead atoms. The van der Waals surface area contributed by atoms with Crippen molar-refractivity contribution in [2.75, 3.05) is 0 Å². The van der Waals surface area contributed by atoms with Crippen LogP contribution in [0.1, 0.15) is 39.5 Å². The fraction of sp³-hybridized carbons (Fsp3) is 0.600. The van der Waals surface area contributed by atoms with E-state index in [0.717, 1.165) is 0 Å². The van der Waals surface area contributed by atoms with Crippen molar-refractivity contribution in [2.24, 2.45) is 0 Å². The normalized spacial score (nSPS) is 8.12. The first-order valence-electron chi connectivity index (χ1n) is 4.85. The summed E-state index contributed by atoms with van der Waals surface area (Å²) in [5.41, 5.74) is 0. The zero-order valence-corrected chi connectivity index (χ0v) is 11.9. The molecule has 0 saturated carbocycles. The van der Waals surface area contributed by atoms with Crippen molar-refractivity contribution in [3.05, 3.63) is 0 Å².